The first-order valence-corrected chi connectivity index (χ1v) is 8.43. The summed E-state index contributed by atoms with van der Waals surface area (Å²) in [6, 6.07) is 11.3. The topological polar surface area (TPSA) is 61.4 Å². The Bertz CT molecular complexity index is 640. The van der Waals surface area contributed by atoms with Crippen molar-refractivity contribution in [3.8, 4) is 5.75 Å². The van der Waals surface area contributed by atoms with E-state index in [0.717, 1.165) is 42.1 Å². The molecule has 23 heavy (non-hydrogen) atoms. The number of fused-ring (bicyclic) bond motifs is 1. The molecule has 0 saturated heterocycles. The lowest BCUT2D eigenvalue weighted by atomic mass is 10.0. The Balaban J connectivity index is 1.78. The molecule has 0 fully saturated rings. The van der Waals surface area contributed by atoms with E-state index < -0.39 is 0 Å². The first kappa shape index (κ1) is 17.1. The zero-order valence-electron chi connectivity index (χ0n) is 13.8. The normalized spacial score (nSPS) is 10.7. The summed E-state index contributed by atoms with van der Waals surface area (Å²) >= 11 is 0. The van der Waals surface area contributed by atoms with Crippen LogP contribution in [0.25, 0.3) is 10.8 Å². The van der Waals surface area contributed by atoms with Gasteiger partial charge in [0, 0.05) is 13.1 Å². The zero-order chi connectivity index (χ0) is 16.5. The van der Waals surface area contributed by atoms with Crippen LogP contribution >= 0.6 is 0 Å². The predicted molar refractivity (Wildman–Crippen MR) is 94.9 cm³/mol. The van der Waals surface area contributed by atoms with Crippen molar-refractivity contribution in [1.82, 2.24) is 10.6 Å². The minimum absolute atomic E-state index is 0.107. The Morgan fingerprint density at radius 2 is 1.87 bits per heavy atom. The maximum absolute atomic E-state index is 11.7. The number of rotatable bonds is 8. The van der Waals surface area contributed by atoms with Gasteiger partial charge in [0.1, 0.15) is 5.75 Å². The Kier molecular flexibility index (Phi) is 6.73. The van der Waals surface area contributed by atoms with Crippen molar-refractivity contribution < 1.29 is 9.90 Å². The maximum Gasteiger partial charge on any atom is 0.314 e. The van der Waals surface area contributed by atoms with E-state index in [9.17, 15) is 9.90 Å². The highest BCUT2D eigenvalue weighted by Gasteiger charge is 2.04. The van der Waals surface area contributed by atoms with Crippen LogP contribution in [-0.4, -0.2) is 24.2 Å². The largest absolute Gasteiger partial charge is 0.508 e. The zero-order valence-corrected chi connectivity index (χ0v) is 13.8. The highest BCUT2D eigenvalue weighted by molar-refractivity contribution is 5.87. The number of nitrogens with one attached hydrogen (secondary N) is 2. The highest BCUT2D eigenvalue weighted by Crippen LogP contribution is 2.23. The molecule has 4 nitrogen and oxygen atoms in total. The third-order valence-electron chi connectivity index (χ3n) is 3.95. The number of carbonyl (C=O) groups excluding carboxylic acids is 1. The van der Waals surface area contributed by atoms with Crippen LogP contribution in [0.1, 0.15) is 38.2 Å². The summed E-state index contributed by atoms with van der Waals surface area (Å²) in [4.78, 5) is 11.7. The van der Waals surface area contributed by atoms with Crippen LogP contribution in [0.15, 0.2) is 36.4 Å². The summed E-state index contributed by atoms with van der Waals surface area (Å²) in [5.74, 6) is 0.266. The van der Waals surface area contributed by atoms with Gasteiger partial charge in [-0.05, 0) is 41.3 Å². The van der Waals surface area contributed by atoms with E-state index in [1.54, 1.807) is 12.1 Å². The standard InChI is InChI=1S/C19H26N2O2/c1-2-3-4-5-12-20-19(23)21-13-11-16-8-6-7-15-9-10-17(22)14-18(15)16/h6-10,14,22H,2-5,11-13H2,1H3,(H2,20,21,23). The van der Waals surface area contributed by atoms with E-state index in [1.807, 2.05) is 24.3 Å². The minimum atomic E-state index is -0.107. The van der Waals surface area contributed by atoms with Crippen LogP contribution in [-0.2, 0) is 6.42 Å². The molecule has 4 heteroatoms. The second kappa shape index (κ2) is 9.03. The van der Waals surface area contributed by atoms with Crippen molar-refractivity contribution in [2.45, 2.75) is 39.0 Å². The van der Waals surface area contributed by atoms with Gasteiger partial charge in [-0.1, -0.05) is 50.5 Å². The molecule has 3 N–H and O–H groups in total. The first-order valence-electron chi connectivity index (χ1n) is 8.43. The second-order valence-electron chi connectivity index (χ2n) is 5.82. The number of carbonyl (C=O) groups is 1. The number of phenols is 1. The second-order valence-corrected chi connectivity index (χ2v) is 5.82. The summed E-state index contributed by atoms with van der Waals surface area (Å²) in [5.41, 5.74) is 1.13. The molecule has 0 atom stereocenters. The fraction of sp³-hybridized carbons (Fsp3) is 0.421. The van der Waals surface area contributed by atoms with Gasteiger partial charge < -0.3 is 15.7 Å². The van der Waals surface area contributed by atoms with Gasteiger partial charge >= 0.3 is 6.03 Å². The van der Waals surface area contributed by atoms with E-state index in [0.29, 0.717) is 6.54 Å². The molecule has 2 aromatic rings. The van der Waals surface area contributed by atoms with Gasteiger partial charge in [0.25, 0.3) is 0 Å². The lowest BCUT2D eigenvalue weighted by molar-refractivity contribution is 0.241. The van der Waals surface area contributed by atoms with Gasteiger partial charge in [0.2, 0.25) is 0 Å². The molecule has 0 radical (unpaired) electrons. The molecule has 0 saturated carbocycles. The van der Waals surface area contributed by atoms with Crippen molar-refractivity contribution in [2.75, 3.05) is 13.1 Å². The number of aromatic hydroxyl groups is 1. The fourth-order valence-corrected chi connectivity index (χ4v) is 2.67. The Morgan fingerprint density at radius 1 is 1.04 bits per heavy atom. The van der Waals surface area contributed by atoms with Crippen LogP contribution in [0, 0.1) is 0 Å². The fourth-order valence-electron chi connectivity index (χ4n) is 2.67. The van der Waals surface area contributed by atoms with Crippen LogP contribution in [0.5, 0.6) is 5.75 Å². The van der Waals surface area contributed by atoms with Crippen molar-refractivity contribution in [1.29, 1.82) is 0 Å². The number of amides is 2. The molecule has 0 spiro atoms. The summed E-state index contributed by atoms with van der Waals surface area (Å²) in [5, 5.41) is 17.6. The summed E-state index contributed by atoms with van der Waals surface area (Å²) in [6.45, 7) is 3.48. The molecule has 0 aliphatic heterocycles. The molecule has 0 aliphatic carbocycles. The number of benzene rings is 2. The SMILES string of the molecule is CCCCCCNC(=O)NCCc1cccc2ccc(O)cc12. The Hall–Kier alpha value is -2.23. The van der Waals surface area contributed by atoms with Gasteiger partial charge in [0.15, 0.2) is 0 Å². The smallest absolute Gasteiger partial charge is 0.314 e. The van der Waals surface area contributed by atoms with E-state index in [2.05, 4.69) is 17.6 Å². The maximum atomic E-state index is 11.7. The summed E-state index contributed by atoms with van der Waals surface area (Å²) in [7, 11) is 0. The number of hydrogen-bond donors (Lipinski definition) is 3. The van der Waals surface area contributed by atoms with E-state index in [4.69, 9.17) is 0 Å². The van der Waals surface area contributed by atoms with Crippen molar-refractivity contribution in [3.05, 3.63) is 42.0 Å². The van der Waals surface area contributed by atoms with E-state index in [-0.39, 0.29) is 11.8 Å². The van der Waals surface area contributed by atoms with Gasteiger partial charge in [-0.25, -0.2) is 4.79 Å². The van der Waals surface area contributed by atoms with Crippen LogP contribution in [0.3, 0.4) is 0 Å². The molecule has 2 amide bonds. The van der Waals surface area contributed by atoms with Crippen LogP contribution < -0.4 is 10.6 Å². The molecular formula is C19H26N2O2. The summed E-state index contributed by atoms with van der Waals surface area (Å²) in [6.07, 6.45) is 5.36. The lowest BCUT2D eigenvalue weighted by Crippen LogP contribution is -2.37. The Labute approximate surface area is 137 Å². The number of urea groups is 1. The van der Waals surface area contributed by atoms with E-state index >= 15 is 0 Å². The molecular weight excluding hydrogens is 288 g/mol. The number of hydrogen-bond acceptors (Lipinski definition) is 2. The monoisotopic (exact) mass is 314 g/mol. The van der Waals surface area contributed by atoms with Gasteiger partial charge in [-0.2, -0.15) is 0 Å². The third kappa shape index (κ3) is 5.47. The molecule has 0 unspecified atom stereocenters. The molecule has 0 aromatic heterocycles. The minimum Gasteiger partial charge on any atom is -0.508 e. The lowest BCUT2D eigenvalue weighted by Gasteiger charge is -2.09. The molecule has 0 heterocycles. The number of phenolic OH excluding ortho intramolecular Hbond substituents is 1. The molecule has 2 rings (SSSR count). The van der Waals surface area contributed by atoms with Gasteiger partial charge in [-0.3, -0.25) is 0 Å². The van der Waals surface area contributed by atoms with Crippen LogP contribution in [0.2, 0.25) is 0 Å². The molecule has 0 aliphatic rings. The van der Waals surface area contributed by atoms with E-state index in [1.165, 1.54) is 12.8 Å². The average molecular weight is 314 g/mol. The van der Waals surface area contributed by atoms with Crippen molar-refractivity contribution >= 4 is 16.8 Å². The Morgan fingerprint density at radius 3 is 2.70 bits per heavy atom. The predicted octanol–water partition coefficient (Wildman–Crippen LogP) is 3.97. The van der Waals surface area contributed by atoms with Crippen molar-refractivity contribution in [3.63, 3.8) is 0 Å². The molecule has 2 aromatic carbocycles. The average Bonchev–Trinajstić information content (AvgIpc) is 2.55. The van der Waals surface area contributed by atoms with Crippen molar-refractivity contribution in [2.24, 2.45) is 0 Å². The van der Waals surface area contributed by atoms with Gasteiger partial charge in [-0.15, -0.1) is 0 Å². The van der Waals surface area contributed by atoms with Crippen LogP contribution in [0.4, 0.5) is 4.79 Å². The number of unbranched alkanes of at least 4 members (excludes halogenated alkanes) is 3. The first-order chi connectivity index (χ1) is 11.2. The third-order valence-corrected chi connectivity index (χ3v) is 3.95. The quantitative estimate of drug-likeness (QED) is 0.646. The molecule has 124 valence electrons. The molecule has 0 bridgehead atoms. The highest BCUT2D eigenvalue weighted by atomic mass is 16.3. The van der Waals surface area contributed by atoms with Gasteiger partial charge in [0.05, 0.1) is 0 Å². The summed E-state index contributed by atoms with van der Waals surface area (Å²) < 4.78 is 0.